The van der Waals surface area contributed by atoms with Crippen molar-refractivity contribution >= 4 is 23.2 Å². The monoisotopic (exact) mass is 311 g/mol. The number of rotatable bonds is 2. The topological polar surface area (TPSA) is 75.8 Å². The van der Waals surface area contributed by atoms with E-state index in [1.807, 2.05) is 0 Å². The lowest BCUT2D eigenvalue weighted by molar-refractivity contribution is -0.127. The lowest BCUT2D eigenvalue weighted by Crippen LogP contribution is -2.42. The van der Waals surface area contributed by atoms with Crippen molar-refractivity contribution in [2.45, 2.75) is 6.04 Å². The van der Waals surface area contributed by atoms with Crippen LogP contribution in [0.15, 0.2) is 53.5 Å². The summed E-state index contributed by atoms with van der Waals surface area (Å²) in [6.07, 6.45) is 0. The number of benzene rings is 2. The molecule has 0 aliphatic carbocycles. The van der Waals surface area contributed by atoms with Crippen LogP contribution in [0.4, 0.5) is 10.1 Å². The number of para-hydroxylation sites is 1. The van der Waals surface area contributed by atoms with Crippen LogP contribution in [0.25, 0.3) is 0 Å². The van der Waals surface area contributed by atoms with E-state index in [2.05, 4.69) is 4.99 Å². The van der Waals surface area contributed by atoms with Crippen LogP contribution in [0.1, 0.15) is 11.1 Å². The molecule has 2 aromatic carbocycles. The maximum atomic E-state index is 13.2. The van der Waals surface area contributed by atoms with Gasteiger partial charge in [-0.15, -0.1) is 0 Å². The van der Waals surface area contributed by atoms with Gasteiger partial charge in [0.05, 0.1) is 11.4 Å². The number of anilines is 1. The molecule has 0 saturated heterocycles. The number of benzodiazepines with no additional fused rings is 1. The summed E-state index contributed by atoms with van der Waals surface area (Å²) in [6.45, 7) is 0. The van der Waals surface area contributed by atoms with Crippen LogP contribution in [0.3, 0.4) is 0 Å². The lowest BCUT2D eigenvalue weighted by Gasteiger charge is -2.19. The Balaban J connectivity index is 2.26. The van der Waals surface area contributed by atoms with Crippen LogP contribution in [0, 0.1) is 5.82 Å². The fourth-order valence-corrected chi connectivity index (χ4v) is 2.55. The molecule has 0 spiro atoms. The molecule has 0 saturated carbocycles. The van der Waals surface area contributed by atoms with Crippen molar-refractivity contribution in [2.24, 2.45) is 10.7 Å². The standard InChI is InChI=1S/C17H14FN3O2/c1-21-13-5-3-2-4-12(13)14(10-6-8-11(18)9-7-10)20-15(16(19)22)17(21)23/h2-9,15H,1H3,(H2,19,22)/t15-/m0/s1. The number of nitrogens with two attached hydrogens (primary N) is 1. The van der Waals surface area contributed by atoms with Gasteiger partial charge in [-0.2, -0.15) is 0 Å². The third-order valence-electron chi connectivity index (χ3n) is 3.73. The van der Waals surface area contributed by atoms with Crippen LogP contribution in [-0.4, -0.2) is 30.6 Å². The van der Waals surface area contributed by atoms with Crippen molar-refractivity contribution in [2.75, 3.05) is 11.9 Å². The number of amides is 2. The van der Waals surface area contributed by atoms with Gasteiger partial charge in [0.2, 0.25) is 6.04 Å². The van der Waals surface area contributed by atoms with Crippen molar-refractivity contribution in [3.8, 4) is 0 Å². The molecule has 23 heavy (non-hydrogen) atoms. The number of aliphatic imine (C=N–C) groups is 1. The van der Waals surface area contributed by atoms with Crippen LogP contribution in [-0.2, 0) is 9.59 Å². The zero-order valence-electron chi connectivity index (χ0n) is 12.4. The molecule has 5 nitrogen and oxygen atoms in total. The largest absolute Gasteiger partial charge is 0.367 e. The van der Waals surface area contributed by atoms with Gasteiger partial charge in [-0.1, -0.05) is 18.2 Å². The quantitative estimate of drug-likeness (QED) is 0.853. The molecule has 116 valence electrons. The summed E-state index contributed by atoms with van der Waals surface area (Å²) in [7, 11) is 1.57. The Hall–Kier alpha value is -3.02. The number of primary amides is 1. The van der Waals surface area contributed by atoms with Gasteiger partial charge in [0.25, 0.3) is 11.8 Å². The van der Waals surface area contributed by atoms with Gasteiger partial charge in [0.1, 0.15) is 5.82 Å². The summed E-state index contributed by atoms with van der Waals surface area (Å²) in [6, 6.07) is 11.5. The highest BCUT2D eigenvalue weighted by Gasteiger charge is 2.33. The minimum Gasteiger partial charge on any atom is -0.367 e. The Morgan fingerprint density at radius 2 is 1.83 bits per heavy atom. The molecule has 1 atom stereocenters. The molecule has 2 aromatic rings. The van der Waals surface area contributed by atoms with Gasteiger partial charge in [-0.3, -0.25) is 14.6 Å². The highest BCUT2D eigenvalue weighted by atomic mass is 19.1. The van der Waals surface area contributed by atoms with Gasteiger partial charge in [0, 0.05) is 18.2 Å². The van der Waals surface area contributed by atoms with Gasteiger partial charge in [0.15, 0.2) is 0 Å². The molecule has 1 aliphatic rings. The van der Waals surface area contributed by atoms with E-state index in [0.717, 1.165) is 0 Å². The molecule has 0 fully saturated rings. The Morgan fingerprint density at radius 3 is 2.48 bits per heavy atom. The minimum atomic E-state index is -1.31. The summed E-state index contributed by atoms with van der Waals surface area (Å²) >= 11 is 0. The molecule has 2 amide bonds. The first kappa shape index (κ1) is 14.9. The SMILES string of the molecule is CN1C(=O)[C@H](C(N)=O)N=C(c2ccc(F)cc2)c2ccccc21. The Kier molecular flexibility index (Phi) is 3.65. The van der Waals surface area contributed by atoms with Crippen molar-refractivity contribution in [3.63, 3.8) is 0 Å². The third kappa shape index (κ3) is 2.59. The fourth-order valence-electron chi connectivity index (χ4n) is 2.55. The van der Waals surface area contributed by atoms with E-state index in [1.54, 1.807) is 43.4 Å². The molecular weight excluding hydrogens is 297 g/mol. The number of fused-ring (bicyclic) bond motifs is 1. The van der Waals surface area contributed by atoms with E-state index in [-0.39, 0.29) is 5.82 Å². The first-order chi connectivity index (χ1) is 11.0. The highest BCUT2D eigenvalue weighted by Crippen LogP contribution is 2.27. The Labute approximate surface area is 132 Å². The third-order valence-corrected chi connectivity index (χ3v) is 3.73. The van der Waals surface area contributed by atoms with E-state index in [4.69, 9.17) is 5.73 Å². The summed E-state index contributed by atoms with van der Waals surface area (Å²) in [5, 5.41) is 0. The van der Waals surface area contributed by atoms with Crippen LogP contribution < -0.4 is 10.6 Å². The van der Waals surface area contributed by atoms with Gasteiger partial charge < -0.3 is 10.6 Å². The van der Waals surface area contributed by atoms with Gasteiger partial charge >= 0.3 is 0 Å². The predicted molar refractivity (Wildman–Crippen MR) is 84.9 cm³/mol. The number of hydrogen-bond donors (Lipinski definition) is 1. The lowest BCUT2D eigenvalue weighted by atomic mass is 10.0. The smallest absolute Gasteiger partial charge is 0.261 e. The maximum Gasteiger partial charge on any atom is 0.261 e. The molecule has 0 radical (unpaired) electrons. The predicted octanol–water partition coefficient (Wildman–Crippen LogP) is 1.49. The summed E-state index contributed by atoms with van der Waals surface area (Å²) in [4.78, 5) is 29.7. The molecule has 2 N–H and O–H groups in total. The molecule has 1 aliphatic heterocycles. The number of likely N-dealkylation sites (N-methyl/N-ethyl adjacent to an activating group) is 1. The van der Waals surface area contributed by atoms with Crippen molar-refractivity contribution in [1.29, 1.82) is 0 Å². The second-order valence-corrected chi connectivity index (χ2v) is 5.20. The number of halogens is 1. The summed E-state index contributed by atoms with van der Waals surface area (Å²) in [5.41, 5.74) is 7.67. The second-order valence-electron chi connectivity index (χ2n) is 5.20. The van der Waals surface area contributed by atoms with Crippen LogP contribution >= 0.6 is 0 Å². The van der Waals surface area contributed by atoms with Crippen LogP contribution in [0.2, 0.25) is 0 Å². The molecule has 0 aromatic heterocycles. The van der Waals surface area contributed by atoms with Crippen LogP contribution in [0.5, 0.6) is 0 Å². The van der Waals surface area contributed by atoms with Crippen molar-refractivity contribution < 1.29 is 14.0 Å². The molecule has 1 heterocycles. The van der Waals surface area contributed by atoms with Crippen molar-refractivity contribution in [3.05, 3.63) is 65.5 Å². The molecule has 0 unspecified atom stereocenters. The highest BCUT2D eigenvalue weighted by molar-refractivity contribution is 6.23. The Bertz CT molecular complexity index is 815. The van der Waals surface area contributed by atoms with Gasteiger partial charge in [-0.05, 0) is 30.3 Å². The molecule has 0 bridgehead atoms. The first-order valence-electron chi connectivity index (χ1n) is 6.99. The zero-order chi connectivity index (χ0) is 16.6. The number of carbonyl (C=O) groups is 2. The average Bonchev–Trinajstić information content (AvgIpc) is 2.65. The van der Waals surface area contributed by atoms with Crippen molar-refractivity contribution in [1.82, 2.24) is 0 Å². The fraction of sp³-hybridized carbons (Fsp3) is 0.118. The number of carbonyl (C=O) groups excluding carboxylic acids is 2. The van der Waals surface area contributed by atoms with Gasteiger partial charge in [-0.25, -0.2) is 4.39 Å². The zero-order valence-corrected chi connectivity index (χ0v) is 12.4. The minimum absolute atomic E-state index is 0.379. The van der Waals surface area contributed by atoms with E-state index in [0.29, 0.717) is 22.5 Å². The summed E-state index contributed by atoms with van der Waals surface area (Å²) in [5.74, 6) is -1.70. The van der Waals surface area contributed by atoms with E-state index >= 15 is 0 Å². The maximum absolute atomic E-state index is 13.2. The second kappa shape index (κ2) is 5.64. The summed E-state index contributed by atoms with van der Waals surface area (Å²) < 4.78 is 13.2. The Morgan fingerprint density at radius 1 is 1.17 bits per heavy atom. The average molecular weight is 311 g/mol. The normalized spacial score (nSPS) is 17.3. The molecule has 3 rings (SSSR count). The number of nitrogens with zero attached hydrogens (tertiary/aromatic N) is 2. The molecular formula is C17H14FN3O2. The molecule has 6 heteroatoms. The van der Waals surface area contributed by atoms with E-state index < -0.39 is 17.9 Å². The van der Waals surface area contributed by atoms with E-state index in [1.165, 1.54) is 17.0 Å². The first-order valence-corrected chi connectivity index (χ1v) is 6.99. The van der Waals surface area contributed by atoms with E-state index in [9.17, 15) is 14.0 Å². The number of hydrogen-bond acceptors (Lipinski definition) is 3.